The van der Waals surface area contributed by atoms with E-state index < -0.39 is 0 Å². The molecule has 1 unspecified atom stereocenters. The highest BCUT2D eigenvalue weighted by Gasteiger charge is 2.09. The van der Waals surface area contributed by atoms with Crippen LogP contribution >= 0.6 is 0 Å². The molecule has 0 aliphatic carbocycles. The van der Waals surface area contributed by atoms with Gasteiger partial charge in [-0.3, -0.25) is 4.79 Å². The highest BCUT2D eigenvalue weighted by molar-refractivity contribution is 5.94. The van der Waals surface area contributed by atoms with Crippen LogP contribution < -0.4 is 5.32 Å². The first-order chi connectivity index (χ1) is 10.1. The van der Waals surface area contributed by atoms with Crippen molar-refractivity contribution in [1.82, 2.24) is 5.32 Å². The Labute approximate surface area is 125 Å². The number of hydrogen-bond acceptors (Lipinski definition) is 1. The number of carbonyl (C=O) groups excluding carboxylic acids is 1. The SMILES string of the molecule is Cc1cc(C(=O)NCCC(C)c2ccccc2)ccc1F. The van der Waals surface area contributed by atoms with Crippen LogP contribution in [0.1, 0.15) is 40.7 Å². The summed E-state index contributed by atoms with van der Waals surface area (Å²) < 4.78 is 13.2. The summed E-state index contributed by atoms with van der Waals surface area (Å²) in [4.78, 5) is 12.0. The fraction of sp³-hybridized carbons (Fsp3) is 0.278. The zero-order chi connectivity index (χ0) is 15.2. The lowest BCUT2D eigenvalue weighted by molar-refractivity contribution is 0.0952. The van der Waals surface area contributed by atoms with Crippen LogP contribution in [0.25, 0.3) is 0 Å². The number of benzene rings is 2. The minimum absolute atomic E-state index is 0.154. The molecule has 21 heavy (non-hydrogen) atoms. The third-order valence-corrected chi connectivity index (χ3v) is 3.65. The van der Waals surface area contributed by atoms with Crippen LogP contribution in [-0.4, -0.2) is 12.5 Å². The Kier molecular flexibility index (Phi) is 5.09. The summed E-state index contributed by atoms with van der Waals surface area (Å²) in [7, 11) is 0. The zero-order valence-electron chi connectivity index (χ0n) is 12.4. The number of amides is 1. The molecule has 2 nitrogen and oxygen atoms in total. The van der Waals surface area contributed by atoms with Crippen LogP contribution in [0.5, 0.6) is 0 Å². The number of nitrogens with one attached hydrogen (secondary N) is 1. The molecule has 0 saturated heterocycles. The first-order valence-electron chi connectivity index (χ1n) is 7.17. The van der Waals surface area contributed by atoms with Gasteiger partial charge in [-0.25, -0.2) is 4.39 Å². The fourth-order valence-corrected chi connectivity index (χ4v) is 2.24. The maximum absolute atomic E-state index is 13.2. The highest BCUT2D eigenvalue weighted by atomic mass is 19.1. The Balaban J connectivity index is 1.85. The lowest BCUT2D eigenvalue weighted by Gasteiger charge is -2.12. The molecule has 2 rings (SSSR count). The minimum Gasteiger partial charge on any atom is -0.352 e. The molecule has 1 amide bonds. The smallest absolute Gasteiger partial charge is 0.251 e. The Morgan fingerprint density at radius 2 is 1.90 bits per heavy atom. The highest BCUT2D eigenvalue weighted by Crippen LogP contribution is 2.17. The molecule has 0 saturated carbocycles. The Bertz CT molecular complexity index is 610. The van der Waals surface area contributed by atoms with E-state index >= 15 is 0 Å². The van der Waals surface area contributed by atoms with Gasteiger partial charge in [-0.1, -0.05) is 37.3 Å². The average Bonchev–Trinajstić information content (AvgIpc) is 2.50. The molecule has 2 aromatic carbocycles. The van der Waals surface area contributed by atoms with Gasteiger partial charge in [0.25, 0.3) is 5.91 Å². The predicted molar refractivity (Wildman–Crippen MR) is 82.9 cm³/mol. The summed E-state index contributed by atoms with van der Waals surface area (Å²) in [5, 5.41) is 2.88. The molecule has 3 heteroatoms. The normalized spacial score (nSPS) is 12.0. The molecule has 1 atom stereocenters. The minimum atomic E-state index is -0.288. The van der Waals surface area contributed by atoms with Crippen LogP contribution in [0.3, 0.4) is 0 Å². The largest absolute Gasteiger partial charge is 0.352 e. The van der Waals surface area contributed by atoms with Crippen molar-refractivity contribution in [3.8, 4) is 0 Å². The van der Waals surface area contributed by atoms with Gasteiger partial charge in [0.1, 0.15) is 5.82 Å². The van der Waals surface area contributed by atoms with Crippen molar-refractivity contribution in [2.45, 2.75) is 26.2 Å². The Morgan fingerprint density at radius 3 is 2.57 bits per heavy atom. The summed E-state index contributed by atoms with van der Waals surface area (Å²) in [6.07, 6.45) is 0.871. The van der Waals surface area contributed by atoms with E-state index in [1.807, 2.05) is 18.2 Å². The van der Waals surface area contributed by atoms with E-state index in [0.717, 1.165) is 6.42 Å². The second-order valence-electron chi connectivity index (χ2n) is 5.32. The third kappa shape index (κ3) is 4.15. The van der Waals surface area contributed by atoms with Gasteiger partial charge in [0.15, 0.2) is 0 Å². The lowest BCUT2D eigenvalue weighted by Crippen LogP contribution is -2.25. The fourth-order valence-electron chi connectivity index (χ4n) is 2.24. The van der Waals surface area contributed by atoms with Gasteiger partial charge in [-0.15, -0.1) is 0 Å². The summed E-state index contributed by atoms with van der Waals surface area (Å²) in [5.41, 5.74) is 2.26. The summed E-state index contributed by atoms with van der Waals surface area (Å²) >= 11 is 0. The zero-order valence-corrected chi connectivity index (χ0v) is 12.4. The molecule has 0 radical (unpaired) electrons. The van der Waals surface area contributed by atoms with Crippen molar-refractivity contribution in [3.63, 3.8) is 0 Å². The molecule has 0 fully saturated rings. The Morgan fingerprint density at radius 1 is 1.19 bits per heavy atom. The van der Waals surface area contributed by atoms with E-state index in [4.69, 9.17) is 0 Å². The molecule has 0 spiro atoms. The Hall–Kier alpha value is -2.16. The number of rotatable bonds is 5. The average molecular weight is 285 g/mol. The van der Waals surface area contributed by atoms with Crippen molar-refractivity contribution in [1.29, 1.82) is 0 Å². The quantitative estimate of drug-likeness (QED) is 0.882. The molecule has 110 valence electrons. The topological polar surface area (TPSA) is 29.1 Å². The van der Waals surface area contributed by atoms with Crippen molar-refractivity contribution < 1.29 is 9.18 Å². The van der Waals surface area contributed by atoms with Gasteiger partial charge in [0.2, 0.25) is 0 Å². The van der Waals surface area contributed by atoms with Crippen LogP contribution in [0, 0.1) is 12.7 Å². The number of halogens is 1. The predicted octanol–water partition coefficient (Wildman–Crippen LogP) is 4.06. The molecule has 1 N–H and O–H groups in total. The van der Waals surface area contributed by atoms with Gasteiger partial charge in [0, 0.05) is 12.1 Å². The first kappa shape index (κ1) is 15.2. The summed E-state index contributed by atoms with van der Waals surface area (Å²) in [6, 6.07) is 14.6. The van der Waals surface area contributed by atoms with E-state index in [1.54, 1.807) is 13.0 Å². The first-order valence-corrected chi connectivity index (χ1v) is 7.17. The van der Waals surface area contributed by atoms with E-state index in [2.05, 4.69) is 24.4 Å². The van der Waals surface area contributed by atoms with Gasteiger partial charge < -0.3 is 5.32 Å². The van der Waals surface area contributed by atoms with Crippen molar-refractivity contribution in [3.05, 3.63) is 71.0 Å². The molecule has 0 bridgehead atoms. The maximum Gasteiger partial charge on any atom is 0.251 e. The number of hydrogen-bond donors (Lipinski definition) is 1. The van der Waals surface area contributed by atoms with Crippen molar-refractivity contribution in [2.24, 2.45) is 0 Å². The van der Waals surface area contributed by atoms with E-state index in [0.29, 0.717) is 23.6 Å². The van der Waals surface area contributed by atoms with Gasteiger partial charge in [-0.05, 0) is 48.6 Å². The van der Waals surface area contributed by atoms with Crippen LogP contribution in [0.15, 0.2) is 48.5 Å². The molecular formula is C18H20FNO. The van der Waals surface area contributed by atoms with Crippen LogP contribution in [0.4, 0.5) is 4.39 Å². The van der Waals surface area contributed by atoms with E-state index in [-0.39, 0.29) is 11.7 Å². The monoisotopic (exact) mass is 285 g/mol. The van der Waals surface area contributed by atoms with Gasteiger partial charge in [-0.2, -0.15) is 0 Å². The molecular weight excluding hydrogens is 265 g/mol. The maximum atomic E-state index is 13.2. The van der Waals surface area contributed by atoms with Gasteiger partial charge in [0.05, 0.1) is 0 Å². The molecule has 0 aliphatic rings. The standard InChI is InChI=1S/C18H20FNO/c1-13(15-6-4-3-5-7-15)10-11-20-18(21)16-8-9-17(19)14(2)12-16/h3-9,12-13H,10-11H2,1-2H3,(H,20,21). The lowest BCUT2D eigenvalue weighted by atomic mass is 9.98. The van der Waals surface area contributed by atoms with Gasteiger partial charge >= 0.3 is 0 Å². The summed E-state index contributed by atoms with van der Waals surface area (Å²) in [6.45, 7) is 4.40. The van der Waals surface area contributed by atoms with E-state index in [1.165, 1.54) is 17.7 Å². The van der Waals surface area contributed by atoms with Crippen LogP contribution in [0.2, 0.25) is 0 Å². The second-order valence-corrected chi connectivity index (χ2v) is 5.32. The second kappa shape index (κ2) is 7.02. The molecule has 2 aromatic rings. The van der Waals surface area contributed by atoms with Crippen molar-refractivity contribution in [2.75, 3.05) is 6.54 Å². The summed E-state index contributed by atoms with van der Waals surface area (Å²) in [5.74, 6) is -0.0518. The molecule has 0 heterocycles. The molecule has 0 aromatic heterocycles. The van der Waals surface area contributed by atoms with E-state index in [9.17, 15) is 9.18 Å². The van der Waals surface area contributed by atoms with Crippen molar-refractivity contribution >= 4 is 5.91 Å². The third-order valence-electron chi connectivity index (χ3n) is 3.65. The number of aryl methyl sites for hydroxylation is 1. The van der Waals surface area contributed by atoms with Crippen LogP contribution in [-0.2, 0) is 0 Å². The molecule has 0 aliphatic heterocycles. The number of carbonyl (C=O) groups is 1.